The van der Waals surface area contributed by atoms with Crippen LogP contribution in [0.1, 0.15) is 34.4 Å². The second-order valence-corrected chi connectivity index (χ2v) is 7.35. The normalized spacial score (nSPS) is 15.0. The number of nitrogens with one attached hydrogen (secondary N) is 2. The quantitative estimate of drug-likeness (QED) is 0.672. The number of piperidine rings is 1. The number of hydrogen-bond donors (Lipinski definition) is 2. The molecule has 4 heterocycles. The van der Waals surface area contributed by atoms with Gasteiger partial charge in [-0.3, -0.25) is 9.78 Å². The van der Waals surface area contributed by atoms with Crippen LogP contribution in [0.15, 0.2) is 36.0 Å². The van der Waals surface area contributed by atoms with Crippen molar-refractivity contribution in [3.8, 4) is 11.4 Å². The summed E-state index contributed by atoms with van der Waals surface area (Å²) >= 11 is 1.57. The first-order chi connectivity index (χ1) is 13.3. The number of thiazole rings is 1. The largest absolute Gasteiger partial charge is 0.350 e. The second kappa shape index (κ2) is 8.36. The Hall–Kier alpha value is -2.65. The molecule has 1 saturated heterocycles. The molecule has 0 atom stereocenters. The van der Waals surface area contributed by atoms with Gasteiger partial charge >= 0.3 is 0 Å². The fraction of sp³-hybridized carbons (Fsp3) is 0.389. The van der Waals surface area contributed by atoms with E-state index in [0.717, 1.165) is 42.3 Å². The predicted molar refractivity (Wildman–Crippen MR) is 103 cm³/mol. The van der Waals surface area contributed by atoms with Crippen molar-refractivity contribution < 1.29 is 4.79 Å². The number of rotatable bonds is 6. The molecule has 3 aromatic rings. The van der Waals surface area contributed by atoms with Crippen LogP contribution in [-0.2, 0) is 6.42 Å². The van der Waals surface area contributed by atoms with Gasteiger partial charge in [-0.2, -0.15) is 0 Å². The lowest BCUT2D eigenvalue weighted by molar-refractivity contribution is 0.0949. The third-order valence-electron chi connectivity index (χ3n) is 4.53. The van der Waals surface area contributed by atoms with Crippen molar-refractivity contribution in [2.75, 3.05) is 19.6 Å². The van der Waals surface area contributed by atoms with Gasteiger partial charge in [-0.1, -0.05) is 11.3 Å². The second-order valence-electron chi connectivity index (χ2n) is 6.41. The number of amides is 1. The maximum Gasteiger partial charge on any atom is 0.273 e. The zero-order chi connectivity index (χ0) is 18.5. The molecule has 0 aliphatic carbocycles. The van der Waals surface area contributed by atoms with Gasteiger partial charge in [-0.15, -0.1) is 16.4 Å². The first kappa shape index (κ1) is 17.7. The Morgan fingerprint density at radius 3 is 3.00 bits per heavy atom. The Morgan fingerprint density at radius 1 is 1.30 bits per heavy atom. The summed E-state index contributed by atoms with van der Waals surface area (Å²) in [5, 5.41) is 17.3. The molecule has 0 spiro atoms. The fourth-order valence-corrected chi connectivity index (χ4v) is 3.85. The van der Waals surface area contributed by atoms with Crippen molar-refractivity contribution in [3.05, 3.63) is 46.7 Å². The maximum atomic E-state index is 12.3. The zero-order valence-corrected chi connectivity index (χ0v) is 15.7. The molecule has 0 saturated carbocycles. The van der Waals surface area contributed by atoms with Gasteiger partial charge in [0.1, 0.15) is 0 Å². The average molecular weight is 383 g/mol. The number of carbonyl (C=O) groups is 1. The molecule has 27 heavy (non-hydrogen) atoms. The SMILES string of the molecule is O=C(NCCc1nc(-c2ccccn2)cs1)c1cn(C2CCNCC2)nn1. The highest BCUT2D eigenvalue weighted by atomic mass is 32.1. The van der Waals surface area contributed by atoms with E-state index >= 15 is 0 Å². The van der Waals surface area contributed by atoms with Crippen LogP contribution in [0.2, 0.25) is 0 Å². The van der Waals surface area contributed by atoms with Gasteiger partial charge in [0.15, 0.2) is 5.69 Å². The van der Waals surface area contributed by atoms with Crippen molar-refractivity contribution in [2.24, 2.45) is 0 Å². The van der Waals surface area contributed by atoms with Gasteiger partial charge in [-0.25, -0.2) is 9.67 Å². The molecule has 0 unspecified atom stereocenters. The number of hydrogen-bond acceptors (Lipinski definition) is 7. The molecule has 4 rings (SSSR count). The van der Waals surface area contributed by atoms with Crippen molar-refractivity contribution in [1.29, 1.82) is 0 Å². The molecule has 8 nitrogen and oxygen atoms in total. The molecule has 1 aliphatic heterocycles. The van der Waals surface area contributed by atoms with Gasteiger partial charge in [-0.05, 0) is 38.1 Å². The predicted octanol–water partition coefficient (Wildman–Crippen LogP) is 1.69. The molecular formula is C18H21N7OS. The van der Waals surface area contributed by atoms with E-state index in [4.69, 9.17) is 0 Å². The van der Waals surface area contributed by atoms with Crippen molar-refractivity contribution in [1.82, 2.24) is 35.6 Å². The van der Waals surface area contributed by atoms with Crippen LogP contribution in [0.5, 0.6) is 0 Å². The fourth-order valence-electron chi connectivity index (χ4n) is 3.06. The van der Waals surface area contributed by atoms with Crippen molar-refractivity contribution in [2.45, 2.75) is 25.3 Å². The standard InChI is InChI=1S/C18H21N7OS/c26-18(15-11-25(24-23-15)13-4-8-19-9-5-13)21-10-6-17-22-16(12-27-17)14-3-1-2-7-20-14/h1-3,7,11-13,19H,4-6,8-10H2,(H,21,26). The molecular weight excluding hydrogens is 362 g/mol. The van der Waals surface area contributed by atoms with E-state index in [1.807, 2.05) is 28.3 Å². The molecule has 0 aromatic carbocycles. The van der Waals surface area contributed by atoms with E-state index in [9.17, 15) is 4.79 Å². The molecule has 1 amide bonds. The van der Waals surface area contributed by atoms with Gasteiger partial charge in [0.2, 0.25) is 0 Å². The van der Waals surface area contributed by atoms with E-state index in [0.29, 0.717) is 24.7 Å². The minimum atomic E-state index is -0.198. The van der Waals surface area contributed by atoms with Crippen LogP contribution in [0, 0.1) is 0 Å². The average Bonchev–Trinajstić information content (AvgIpc) is 3.39. The van der Waals surface area contributed by atoms with Gasteiger partial charge in [0.05, 0.1) is 28.6 Å². The van der Waals surface area contributed by atoms with Crippen LogP contribution in [0.25, 0.3) is 11.4 Å². The van der Waals surface area contributed by atoms with E-state index < -0.39 is 0 Å². The van der Waals surface area contributed by atoms with Gasteiger partial charge in [0, 0.05) is 24.5 Å². The van der Waals surface area contributed by atoms with Crippen LogP contribution in [-0.4, -0.2) is 50.5 Å². The molecule has 9 heteroatoms. The summed E-state index contributed by atoms with van der Waals surface area (Å²) < 4.78 is 1.82. The summed E-state index contributed by atoms with van der Waals surface area (Å²) in [4.78, 5) is 21.2. The first-order valence-corrected chi connectivity index (χ1v) is 9.94. The van der Waals surface area contributed by atoms with E-state index in [1.54, 1.807) is 23.7 Å². The number of pyridine rings is 1. The summed E-state index contributed by atoms with van der Waals surface area (Å²) in [6.07, 6.45) is 6.19. The van der Waals surface area contributed by atoms with Crippen LogP contribution < -0.4 is 10.6 Å². The summed E-state index contributed by atoms with van der Waals surface area (Å²) in [5.74, 6) is -0.198. The van der Waals surface area contributed by atoms with Crippen LogP contribution in [0.4, 0.5) is 0 Å². The van der Waals surface area contributed by atoms with E-state index in [-0.39, 0.29) is 5.91 Å². The highest BCUT2D eigenvalue weighted by Crippen LogP contribution is 2.20. The van der Waals surface area contributed by atoms with Gasteiger partial charge in [0.25, 0.3) is 5.91 Å². The monoisotopic (exact) mass is 383 g/mol. The maximum absolute atomic E-state index is 12.3. The molecule has 1 aliphatic rings. The molecule has 0 radical (unpaired) electrons. The Morgan fingerprint density at radius 2 is 2.19 bits per heavy atom. The Bertz CT molecular complexity index is 886. The summed E-state index contributed by atoms with van der Waals surface area (Å²) in [6, 6.07) is 6.08. The lowest BCUT2D eigenvalue weighted by Crippen LogP contribution is -2.29. The highest BCUT2D eigenvalue weighted by molar-refractivity contribution is 7.09. The van der Waals surface area contributed by atoms with Crippen LogP contribution >= 0.6 is 11.3 Å². The van der Waals surface area contributed by atoms with E-state index in [1.165, 1.54) is 0 Å². The lowest BCUT2D eigenvalue weighted by Gasteiger charge is -2.22. The summed E-state index contributed by atoms with van der Waals surface area (Å²) in [6.45, 7) is 2.45. The topological polar surface area (TPSA) is 97.6 Å². The highest BCUT2D eigenvalue weighted by Gasteiger charge is 2.18. The summed E-state index contributed by atoms with van der Waals surface area (Å²) in [7, 11) is 0. The Labute approximate surface area is 161 Å². The van der Waals surface area contributed by atoms with Gasteiger partial charge < -0.3 is 10.6 Å². The molecule has 140 valence electrons. The Balaban J connectivity index is 1.29. The Kier molecular flexibility index (Phi) is 5.50. The number of nitrogens with zero attached hydrogens (tertiary/aromatic N) is 5. The minimum absolute atomic E-state index is 0.198. The number of carbonyl (C=O) groups excluding carboxylic acids is 1. The molecule has 0 bridgehead atoms. The minimum Gasteiger partial charge on any atom is -0.350 e. The number of aromatic nitrogens is 5. The lowest BCUT2D eigenvalue weighted by atomic mass is 10.1. The third kappa shape index (κ3) is 4.37. The molecule has 1 fully saturated rings. The smallest absolute Gasteiger partial charge is 0.273 e. The third-order valence-corrected chi connectivity index (χ3v) is 5.44. The molecule has 3 aromatic heterocycles. The summed E-state index contributed by atoms with van der Waals surface area (Å²) in [5.41, 5.74) is 2.09. The zero-order valence-electron chi connectivity index (χ0n) is 14.8. The van der Waals surface area contributed by atoms with Crippen molar-refractivity contribution in [3.63, 3.8) is 0 Å². The van der Waals surface area contributed by atoms with Crippen molar-refractivity contribution >= 4 is 17.2 Å². The molecule has 2 N–H and O–H groups in total. The van der Waals surface area contributed by atoms with E-state index in [2.05, 4.69) is 30.9 Å². The first-order valence-electron chi connectivity index (χ1n) is 9.06. The van der Waals surface area contributed by atoms with Crippen LogP contribution in [0.3, 0.4) is 0 Å².